The van der Waals surface area contributed by atoms with Gasteiger partial charge >= 0.3 is 17.9 Å². The molecule has 6 heteroatoms. The molecule has 0 aromatic carbocycles. The van der Waals surface area contributed by atoms with Crippen LogP contribution < -0.4 is 0 Å². The fraction of sp³-hybridized carbons (Fsp3) is 0.945. The number of ether oxygens (including phenoxy) is 3. The number of rotatable bonds is 48. The van der Waals surface area contributed by atoms with E-state index in [-0.39, 0.29) is 31.1 Å². The van der Waals surface area contributed by atoms with E-state index in [1.54, 1.807) is 0 Å². The zero-order valence-electron chi connectivity index (χ0n) is 42.0. The van der Waals surface area contributed by atoms with Crippen molar-refractivity contribution in [2.75, 3.05) is 13.2 Å². The van der Waals surface area contributed by atoms with Crippen LogP contribution in [-0.4, -0.2) is 37.2 Å². The van der Waals surface area contributed by atoms with E-state index in [1.165, 1.54) is 180 Å². The van der Waals surface area contributed by atoms with Crippen LogP contribution in [0.15, 0.2) is 0 Å². The predicted octanol–water partition coefficient (Wildman–Crippen LogP) is 17.6. The van der Waals surface area contributed by atoms with Crippen LogP contribution in [0.4, 0.5) is 0 Å². The summed E-state index contributed by atoms with van der Waals surface area (Å²) in [5, 5.41) is 0. The number of hydrogen-bond donors (Lipinski definition) is 0. The number of hydrogen-bond acceptors (Lipinski definition) is 6. The lowest BCUT2D eigenvalue weighted by molar-refractivity contribution is -0.167. The van der Waals surface area contributed by atoms with Gasteiger partial charge in [-0.25, -0.2) is 0 Å². The minimum absolute atomic E-state index is 0.0649. The molecule has 61 heavy (non-hydrogen) atoms. The minimum Gasteiger partial charge on any atom is -0.462 e. The van der Waals surface area contributed by atoms with Gasteiger partial charge in [0.25, 0.3) is 0 Å². The molecule has 0 rings (SSSR count). The monoisotopic (exact) mass is 863 g/mol. The minimum atomic E-state index is -0.763. The Hall–Kier alpha value is -1.59. The molecule has 0 heterocycles. The van der Waals surface area contributed by atoms with E-state index in [4.69, 9.17) is 14.2 Å². The highest BCUT2D eigenvalue weighted by Crippen LogP contribution is 2.18. The molecule has 6 nitrogen and oxygen atoms in total. The Morgan fingerprint density at radius 2 is 0.574 bits per heavy atom. The molecule has 0 aliphatic heterocycles. The molecule has 2 atom stereocenters. The smallest absolute Gasteiger partial charge is 0.306 e. The SMILES string of the molecule is CCC(C)CCCCCCCCCCCCCCCCC(=O)OC[C@H](COC(=O)CCCCCCCCC(C)C)OC(=O)CCCCCCCCCCCCCCCC(C)C. The fourth-order valence-electron chi connectivity index (χ4n) is 8.26. The Morgan fingerprint density at radius 1 is 0.328 bits per heavy atom. The highest BCUT2D eigenvalue weighted by atomic mass is 16.6. The van der Waals surface area contributed by atoms with Gasteiger partial charge in [0.2, 0.25) is 0 Å². The van der Waals surface area contributed by atoms with Gasteiger partial charge in [0.1, 0.15) is 13.2 Å². The summed E-state index contributed by atoms with van der Waals surface area (Å²) in [4.78, 5) is 38.0. The van der Waals surface area contributed by atoms with Gasteiger partial charge in [-0.1, -0.05) is 260 Å². The highest BCUT2D eigenvalue weighted by Gasteiger charge is 2.19. The van der Waals surface area contributed by atoms with Crippen molar-refractivity contribution in [1.29, 1.82) is 0 Å². The predicted molar refractivity (Wildman–Crippen MR) is 261 cm³/mol. The molecule has 0 radical (unpaired) electrons. The maximum Gasteiger partial charge on any atom is 0.306 e. The summed E-state index contributed by atoms with van der Waals surface area (Å²) in [7, 11) is 0. The van der Waals surface area contributed by atoms with Gasteiger partial charge in [0.15, 0.2) is 6.10 Å². The van der Waals surface area contributed by atoms with Crippen molar-refractivity contribution in [2.45, 2.75) is 304 Å². The molecular weight excluding hydrogens is 757 g/mol. The van der Waals surface area contributed by atoms with Gasteiger partial charge in [-0.3, -0.25) is 14.4 Å². The average Bonchev–Trinajstić information content (AvgIpc) is 3.23. The number of carbonyl (C=O) groups is 3. The van der Waals surface area contributed by atoms with Crippen molar-refractivity contribution >= 4 is 17.9 Å². The quantitative estimate of drug-likeness (QED) is 0.0344. The Balaban J connectivity index is 4.25. The van der Waals surface area contributed by atoms with E-state index >= 15 is 0 Å². The maximum atomic E-state index is 12.8. The molecule has 0 bridgehead atoms. The third-order valence-corrected chi connectivity index (χ3v) is 12.8. The summed E-state index contributed by atoms with van der Waals surface area (Å²) >= 11 is 0. The van der Waals surface area contributed by atoms with Gasteiger partial charge in [-0.05, 0) is 37.0 Å². The number of esters is 3. The topological polar surface area (TPSA) is 78.9 Å². The summed E-state index contributed by atoms with van der Waals surface area (Å²) in [6.45, 7) is 13.7. The first kappa shape index (κ1) is 59.4. The molecule has 0 saturated heterocycles. The van der Waals surface area contributed by atoms with Crippen molar-refractivity contribution in [2.24, 2.45) is 17.8 Å². The number of carbonyl (C=O) groups excluding carboxylic acids is 3. The first-order valence-electron chi connectivity index (χ1n) is 27.1. The van der Waals surface area contributed by atoms with Crippen LogP contribution in [0.25, 0.3) is 0 Å². The van der Waals surface area contributed by atoms with Crippen molar-refractivity contribution < 1.29 is 28.6 Å². The first-order valence-corrected chi connectivity index (χ1v) is 27.1. The van der Waals surface area contributed by atoms with Crippen LogP contribution in [0.2, 0.25) is 0 Å². The van der Waals surface area contributed by atoms with Crippen LogP contribution in [0, 0.1) is 17.8 Å². The molecule has 0 aliphatic rings. The Labute approximate surface area is 380 Å². The van der Waals surface area contributed by atoms with E-state index in [1.807, 2.05) is 0 Å². The van der Waals surface area contributed by atoms with Gasteiger partial charge in [0, 0.05) is 19.3 Å². The third-order valence-electron chi connectivity index (χ3n) is 12.8. The molecule has 0 N–H and O–H groups in total. The molecule has 0 saturated carbocycles. The first-order chi connectivity index (χ1) is 29.6. The zero-order chi connectivity index (χ0) is 44.9. The van der Waals surface area contributed by atoms with Gasteiger partial charge in [-0.2, -0.15) is 0 Å². The molecule has 1 unspecified atom stereocenters. The molecular formula is C55H106O6. The summed E-state index contributed by atoms with van der Waals surface area (Å²) in [5.41, 5.74) is 0. The molecule has 0 aromatic heterocycles. The van der Waals surface area contributed by atoms with Crippen molar-refractivity contribution in [3.05, 3.63) is 0 Å². The second-order valence-corrected chi connectivity index (χ2v) is 20.1. The van der Waals surface area contributed by atoms with E-state index in [2.05, 4.69) is 41.5 Å². The average molecular weight is 863 g/mol. The van der Waals surface area contributed by atoms with E-state index in [9.17, 15) is 14.4 Å². The normalized spacial score (nSPS) is 12.6. The lowest BCUT2D eigenvalue weighted by Gasteiger charge is -2.18. The van der Waals surface area contributed by atoms with Gasteiger partial charge in [0.05, 0.1) is 0 Å². The maximum absolute atomic E-state index is 12.8. The second-order valence-electron chi connectivity index (χ2n) is 20.1. The molecule has 0 fully saturated rings. The van der Waals surface area contributed by atoms with E-state index < -0.39 is 6.10 Å². The summed E-state index contributed by atoms with van der Waals surface area (Å²) < 4.78 is 16.8. The lowest BCUT2D eigenvalue weighted by atomic mass is 9.99. The van der Waals surface area contributed by atoms with Crippen molar-refractivity contribution in [3.8, 4) is 0 Å². The van der Waals surface area contributed by atoms with Crippen LogP contribution in [0.5, 0.6) is 0 Å². The summed E-state index contributed by atoms with van der Waals surface area (Å²) in [6.07, 6.45) is 46.7. The highest BCUT2D eigenvalue weighted by molar-refractivity contribution is 5.71. The van der Waals surface area contributed by atoms with Crippen LogP contribution in [0.3, 0.4) is 0 Å². The second kappa shape index (κ2) is 46.4. The molecule has 362 valence electrons. The van der Waals surface area contributed by atoms with Crippen LogP contribution in [-0.2, 0) is 28.6 Å². The summed E-state index contributed by atoms with van der Waals surface area (Å²) in [5.74, 6) is 1.64. The van der Waals surface area contributed by atoms with E-state index in [0.717, 1.165) is 75.5 Å². The fourth-order valence-corrected chi connectivity index (χ4v) is 8.26. The molecule has 0 amide bonds. The van der Waals surface area contributed by atoms with Crippen molar-refractivity contribution in [3.63, 3.8) is 0 Å². The Morgan fingerprint density at radius 3 is 0.852 bits per heavy atom. The number of unbranched alkanes of at least 4 members (excludes halogenated alkanes) is 30. The van der Waals surface area contributed by atoms with Crippen LogP contribution in [0.1, 0.15) is 298 Å². The Kier molecular flexibility index (Phi) is 45.2. The molecule has 0 aromatic rings. The van der Waals surface area contributed by atoms with Gasteiger partial charge in [-0.15, -0.1) is 0 Å². The Bertz CT molecular complexity index is 947. The molecule has 0 aliphatic carbocycles. The van der Waals surface area contributed by atoms with Crippen LogP contribution >= 0.6 is 0 Å². The van der Waals surface area contributed by atoms with Crippen molar-refractivity contribution in [1.82, 2.24) is 0 Å². The van der Waals surface area contributed by atoms with Gasteiger partial charge < -0.3 is 14.2 Å². The van der Waals surface area contributed by atoms with E-state index in [0.29, 0.717) is 19.3 Å². The zero-order valence-corrected chi connectivity index (χ0v) is 42.0. The third kappa shape index (κ3) is 47.7. The molecule has 0 spiro atoms. The standard InChI is InChI=1S/C55H106O6/c1-7-51(6)43-37-31-24-20-16-12-8-9-13-17-21-25-32-38-44-53(56)59-47-52(48-60-54(57)45-39-33-28-27-30-36-42-50(4)5)61-55(58)46-40-34-26-22-18-14-10-11-15-19-23-29-35-41-49(2)3/h49-52H,7-48H2,1-6H3/t51?,52-/m1/s1. The largest absolute Gasteiger partial charge is 0.462 e. The lowest BCUT2D eigenvalue weighted by Crippen LogP contribution is -2.30. The summed E-state index contributed by atoms with van der Waals surface area (Å²) in [6, 6.07) is 0.